The highest BCUT2D eigenvalue weighted by Gasteiger charge is 2.41. The Hall–Kier alpha value is -1.85. The largest absolute Gasteiger partial charge is 0.381 e. The van der Waals surface area contributed by atoms with E-state index in [-0.39, 0.29) is 5.91 Å². The maximum atomic E-state index is 13.3. The second kappa shape index (κ2) is 8.66. The number of anilines is 1. The van der Waals surface area contributed by atoms with E-state index < -0.39 is 5.41 Å². The number of carbonyl (C=O) groups excluding carboxylic acids is 1. The molecule has 0 aromatic heterocycles. The Balaban J connectivity index is 1.45. The van der Waals surface area contributed by atoms with Gasteiger partial charge in [-0.3, -0.25) is 4.79 Å². The van der Waals surface area contributed by atoms with Crippen LogP contribution in [0.4, 0.5) is 5.69 Å². The Morgan fingerprint density at radius 3 is 2.29 bits per heavy atom. The molecule has 0 spiro atoms. The summed E-state index contributed by atoms with van der Waals surface area (Å²) in [7, 11) is 0. The van der Waals surface area contributed by atoms with Crippen LogP contribution in [0.15, 0.2) is 53.0 Å². The summed E-state index contributed by atoms with van der Waals surface area (Å²) in [6, 6.07) is 16.7. The van der Waals surface area contributed by atoms with Gasteiger partial charge in [-0.2, -0.15) is 0 Å². The van der Waals surface area contributed by atoms with Gasteiger partial charge in [-0.1, -0.05) is 40.2 Å². The first-order valence-electron chi connectivity index (χ1n) is 10.1. The van der Waals surface area contributed by atoms with Crippen LogP contribution in [0.2, 0.25) is 0 Å². The average Bonchev–Trinajstić information content (AvgIpc) is 3.28. The summed E-state index contributed by atoms with van der Waals surface area (Å²) in [5, 5.41) is 3.19. The van der Waals surface area contributed by atoms with Crippen molar-refractivity contribution in [3.8, 4) is 0 Å². The second-order valence-corrected chi connectivity index (χ2v) is 8.66. The SMILES string of the molecule is O=C(NCc1ccc(N2CCCC2)cc1)C1(c2ccc(Br)cc2)CCOCC1. The molecule has 0 aliphatic carbocycles. The third-order valence-electron chi connectivity index (χ3n) is 6.04. The van der Waals surface area contributed by atoms with Crippen molar-refractivity contribution in [1.29, 1.82) is 0 Å². The molecule has 2 aliphatic rings. The Bertz CT molecular complexity index is 792. The molecule has 2 aromatic rings. The van der Waals surface area contributed by atoms with Crippen molar-refractivity contribution in [3.63, 3.8) is 0 Å². The van der Waals surface area contributed by atoms with Gasteiger partial charge in [0.05, 0.1) is 5.41 Å². The Kier molecular flexibility index (Phi) is 6.02. The molecule has 2 fully saturated rings. The molecule has 0 unspecified atom stereocenters. The lowest BCUT2D eigenvalue weighted by Crippen LogP contribution is -2.47. The van der Waals surface area contributed by atoms with Gasteiger partial charge in [0.15, 0.2) is 0 Å². The number of halogens is 1. The lowest BCUT2D eigenvalue weighted by molar-refractivity contribution is -0.130. The van der Waals surface area contributed by atoms with Gasteiger partial charge in [-0.25, -0.2) is 0 Å². The van der Waals surface area contributed by atoms with Gasteiger partial charge >= 0.3 is 0 Å². The van der Waals surface area contributed by atoms with Gasteiger partial charge in [-0.05, 0) is 61.1 Å². The van der Waals surface area contributed by atoms with Gasteiger partial charge in [-0.15, -0.1) is 0 Å². The van der Waals surface area contributed by atoms with Crippen molar-refractivity contribution in [2.75, 3.05) is 31.2 Å². The zero-order chi connectivity index (χ0) is 19.4. The molecule has 0 saturated carbocycles. The van der Waals surface area contributed by atoms with Crippen LogP contribution in [0.3, 0.4) is 0 Å². The number of nitrogens with one attached hydrogen (secondary N) is 1. The second-order valence-electron chi connectivity index (χ2n) is 7.74. The molecule has 4 rings (SSSR count). The van der Waals surface area contributed by atoms with E-state index in [1.807, 2.05) is 12.1 Å². The first-order valence-corrected chi connectivity index (χ1v) is 10.9. The molecule has 28 heavy (non-hydrogen) atoms. The van der Waals surface area contributed by atoms with E-state index >= 15 is 0 Å². The van der Waals surface area contributed by atoms with Crippen molar-refractivity contribution in [1.82, 2.24) is 5.32 Å². The smallest absolute Gasteiger partial charge is 0.231 e. The molecule has 148 valence electrons. The first kappa shape index (κ1) is 19.5. The number of hydrogen-bond acceptors (Lipinski definition) is 3. The number of ether oxygens (including phenoxy) is 1. The van der Waals surface area contributed by atoms with Gasteiger partial charge in [0.1, 0.15) is 0 Å². The van der Waals surface area contributed by atoms with Crippen LogP contribution in [-0.4, -0.2) is 32.2 Å². The predicted octanol–water partition coefficient (Wildman–Crippen LogP) is 4.41. The topological polar surface area (TPSA) is 41.6 Å². The molecular formula is C23H27BrN2O2. The molecule has 1 amide bonds. The molecule has 0 bridgehead atoms. The fourth-order valence-electron chi connectivity index (χ4n) is 4.29. The number of hydrogen-bond donors (Lipinski definition) is 1. The summed E-state index contributed by atoms with van der Waals surface area (Å²) >= 11 is 3.49. The quantitative estimate of drug-likeness (QED) is 0.744. The van der Waals surface area contributed by atoms with E-state index in [9.17, 15) is 4.79 Å². The van der Waals surface area contributed by atoms with E-state index in [2.05, 4.69) is 62.5 Å². The number of carbonyl (C=O) groups is 1. The van der Waals surface area contributed by atoms with Gasteiger partial charge in [0, 0.05) is 43.0 Å². The molecule has 4 nitrogen and oxygen atoms in total. The zero-order valence-corrected chi connectivity index (χ0v) is 17.7. The molecule has 0 atom stereocenters. The minimum absolute atomic E-state index is 0.0988. The van der Waals surface area contributed by atoms with Crippen molar-refractivity contribution < 1.29 is 9.53 Å². The molecule has 2 heterocycles. The number of nitrogens with zero attached hydrogens (tertiary/aromatic N) is 1. The third kappa shape index (κ3) is 4.11. The van der Waals surface area contributed by atoms with E-state index in [1.54, 1.807) is 0 Å². The summed E-state index contributed by atoms with van der Waals surface area (Å²) in [6.07, 6.45) is 3.99. The van der Waals surface area contributed by atoms with Gasteiger partial charge in [0.25, 0.3) is 0 Å². The van der Waals surface area contributed by atoms with Crippen molar-refractivity contribution >= 4 is 27.5 Å². The highest BCUT2D eigenvalue weighted by atomic mass is 79.9. The zero-order valence-electron chi connectivity index (χ0n) is 16.1. The lowest BCUT2D eigenvalue weighted by atomic mass is 9.73. The molecule has 5 heteroatoms. The molecular weight excluding hydrogens is 416 g/mol. The highest BCUT2D eigenvalue weighted by Crippen LogP contribution is 2.36. The lowest BCUT2D eigenvalue weighted by Gasteiger charge is -2.36. The fourth-order valence-corrected chi connectivity index (χ4v) is 4.55. The van der Waals surface area contributed by atoms with Crippen molar-refractivity contribution in [2.24, 2.45) is 0 Å². The van der Waals surface area contributed by atoms with Crippen molar-refractivity contribution in [3.05, 3.63) is 64.1 Å². The highest BCUT2D eigenvalue weighted by molar-refractivity contribution is 9.10. The molecule has 2 aromatic carbocycles. The van der Waals surface area contributed by atoms with E-state index in [1.165, 1.54) is 18.5 Å². The van der Waals surface area contributed by atoms with Crippen LogP contribution >= 0.6 is 15.9 Å². The Morgan fingerprint density at radius 2 is 1.64 bits per heavy atom. The molecule has 1 N–H and O–H groups in total. The minimum Gasteiger partial charge on any atom is -0.381 e. The molecule has 2 saturated heterocycles. The van der Waals surface area contributed by atoms with Gasteiger partial charge in [0.2, 0.25) is 5.91 Å². The van der Waals surface area contributed by atoms with Crippen LogP contribution < -0.4 is 10.2 Å². The normalized spacial score (nSPS) is 18.8. The van der Waals surface area contributed by atoms with Crippen LogP contribution in [-0.2, 0) is 21.5 Å². The Morgan fingerprint density at radius 1 is 1.00 bits per heavy atom. The van der Waals surface area contributed by atoms with Crippen molar-refractivity contribution in [2.45, 2.75) is 37.6 Å². The predicted molar refractivity (Wildman–Crippen MR) is 116 cm³/mol. The summed E-state index contributed by atoms with van der Waals surface area (Å²) in [4.78, 5) is 15.7. The van der Waals surface area contributed by atoms with E-state index in [0.29, 0.717) is 32.6 Å². The molecule has 2 aliphatic heterocycles. The summed E-state index contributed by atoms with van der Waals surface area (Å²) < 4.78 is 6.58. The first-order chi connectivity index (χ1) is 13.7. The average molecular weight is 443 g/mol. The van der Waals surface area contributed by atoms with Gasteiger partial charge < -0.3 is 15.0 Å². The van der Waals surface area contributed by atoms with Crippen LogP contribution in [0.5, 0.6) is 0 Å². The number of benzene rings is 2. The minimum atomic E-state index is -0.506. The number of amides is 1. The third-order valence-corrected chi connectivity index (χ3v) is 6.57. The standard InChI is InChI=1S/C23H27BrN2O2/c24-20-7-5-19(6-8-20)23(11-15-28-16-12-23)22(27)25-17-18-3-9-21(10-4-18)26-13-1-2-14-26/h3-10H,1-2,11-17H2,(H,25,27). The monoisotopic (exact) mass is 442 g/mol. The van der Waals surface area contributed by atoms with Crippen LogP contribution in [0.1, 0.15) is 36.8 Å². The fraction of sp³-hybridized carbons (Fsp3) is 0.435. The van der Waals surface area contributed by atoms with Crippen LogP contribution in [0.25, 0.3) is 0 Å². The summed E-state index contributed by atoms with van der Waals surface area (Å²) in [5.41, 5.74) is 2.98. The Labute approximate surface area is 175 Å². The maximum Gasteiger partial charge on any atom is 0.231 e. The summed E-state index contributed by atoms with van der Waals surface area (Å²) in [5.74, 6) is 0.0988. The number of rotatable bonds is 5. The summed E-state index contributed by atoms with van der Waals surface area (Å²) in [6.45, 7) is 4.09. The maximum absolute atomic E-state index is 13.3. The van der Waals surface area contributed by atoms with E-state index in [4.69, 9.17) is 4.74 Å². The molecule has 0 radical (unpaired) electrons. The van der Waals surface area contributed by atoms with Crippen LogP contribution in [0, 0.1) is 0 Å². The van der Waals surface area contributed by atoms with E-state index in [0.717, 1.165) is 28.7 Å².